The first-order valence-corrected chi connectivity index (χ1v) is 18.9. The van der Waals surface area contributed by atoms with Gasteiger partial charge in [-0.2, -0.15) is 0 Å². The molecule has 0 radical (unpaired) electrons. The maximum atomic E-state index is 13.4. The Morgan fingerprint density at radius 3 is 2.47 bits per heavy atom. The van der Waals surface area contributed by atoms with Crippen LogP contribution in [0.4, 0.5) is 4.79 Å². The van der Waals surface area contributed by atoms with Gasteiger partial charge < -0.3 is 34.4 Å². The van der Waals surface area contributed by atoms with Crippen LogP contribution in [0.2, 0.25) is 0 Å². The first kappa shape index (κ1) is 39.5. The number of carbonyl (C=O) groups excluding carboxylic acids is 2. The van der Waals surface area contributed by atoms with Crippen LogP contribution in [0, 0.1) is 17.8 Å². The van der Waals surface area contributed by atoms with Crippen LogP contribution in [0.3, 0.4) is 0 Å². The van der Waals surface area contributed by atoms with Crippen LogP contribution in [0.15, 0.2) is 36.0 Å². The topological polar surface area (TPSA) is 132 Å². The second kappa shape index (κ2) is 18.3. The molecule has 1 amide bonds. The number of hydrogen-bond donors (Lipinski definition) is 3. The lowest BCUT2D eigenvalue weighted by Crippen LogP contribution is -2.52. The molecule has 2 saturated heterocycles. The average Bonchev–Trinajstić information content (AvgIpc) is 3.84. The van der Waals surface area contributed by atoms with Crippen molar-refractivity contribution in [3.8, 4) is 0 Å². The van der Waals surface area contributed by atoms with Crippen LogP contribution in [0.25, 0.3) is 0 Å². The van der Waals surface area contributed by atoms with E-state index in [0.29, 0.717) is 44.8 Å². The number of ether oxygens (including phenoxy) is 3. The molecule has 10 heteroatoms. The van der Waals surface area contributed by atoms with Gasteiger partial charge in [-0.05, 0) is 63.5 Å². The van der Waals surface area contributed by atoms with Crippen molar-refractivity contribution in [2.45, 2.75) is 154 Å². The molecular weight excluding hydrogens is 624 g/mol. The Bertz CT molecular complexity index is 1160. The number of amides is 1. The summed E-state index contributed by atoms with van der Waals surface area (Å²) in [5, 5.41) is 31.9. The maximum Gasteiger partial charge on any atom is 0.410 e. The minimum absolute atomic E-state index is 0.00792. The largest absolute Gasteiger partial charge is 0.457 e. The lowest BCUT2D eigenvalue weighted by molar-refractivity contribution is -0.151. The quantitative estimate of drug-likeness (QED) is 0.117. The molecule has 278 valence electrons. The molecule has 0 aromatic heterocycles. The summed E-state index contributed by atoms with van der Waals surface area (Å²) in [6.45, 7) is 14.6. The van der Waals surface area contributed by atoms with Crippen LogP contribution in [-0.4, -0.2) is 112 Å². The van der Waals surface area contributed by atoms with Gasteiger partial charge in [-0.3, -0.25) is 9.69 Å². The lowest BCUT2D eigenvalue weighted by atomic mass is 9.91. The highest BCUT2D eigenvalue weighted by atomic mass is 16.6. The van der Waals surface area contributed by atoms with Gasteiger partial charge in [-0.1, -0.05) is 71.3 Å². The summed E-state index contributed by atoms with van der Waals surface area (Å²) >= 11 is 0. The third kappa shape index (κ3) is 11.9. The van der Waals surface area contributed by atoms with E-state index in [9.17, 15) is 24.9 Å². The Morgan fingerprint density at radius 1 is 1.10 bits per heavy atom. The number of epoxide rings is 1. The van der Waals surface area contributed by atoms with Crippen molar-refractivity contribution in [3.05, 3.63) is 36.0 Å². The van der Waals surface area contributed by atoms with Gasteiger partial charge in [0, 0.05) is 50.5 Å². The Hall–Kier alpha value is -2.24. The summed E-state index contributed by atoms with van der Waals surface area (Å²) in [5.74, 6) is -0.756. The van der Waals surface area contributed by atoms with E-state index in [0.717, 1.165) is 18.7 Å². The van der Waals surface area contributed by atoms with Gasteiger partial charge in [0.2, 0.25) is 0 Å². The van der Waals surface area contributed by atoms with E-state index < -0.39 is 36.0 Å². The van der Waals surface area contributed by atoms with E-state index in [4.69, 9.17) is 14.2 Å². The van der Waals surface area contributed by atoms with E-state index in [1.54, 1.807) is 19.1 Å². The molecule has 3 fully saturated rings. The number of piperazine rings is 1. The monoisotopic (exact) mass is 688 g/mol. The van der Waals surface area contributed by atoms with Crippen molar-refractivity contribution in [1.82, 2.24) is 9.80 Å². The zero-order valence-electron chi connectivity index (χ0n) is 30.8. The molecule has 0 spiro atoms. The molecule has 0 aromatic carbocycles. The third-order valence-corrected chi connectivity index (χ3v) is 11.2. The fraction of sp³-hybridized carbons (Fsp3) is 0.795. The Kier molecular flexibility index (Phi) is 14.8. The minimum Gasteiger partial charge on any atom is -0.457 e. The van der Waals surface area contributed by atoms with Crippen molar-refractivity contribution in [2.75, 3.05) is 26.2 Å². The van der Waals surface area contributed by atoms with Gasteiger partial charge in [0.1, 0.15) is 12.2 Å². The maximum absolute atomic E-state index is 13.4. The normalized spacial score (nSPS) is 34.0. The molecule has 49 heavy (non-hydrogen) atoms. The summed E-state index contributed by atoms with van der Waals surface area (Å²) in [6.07, 6.45) is 14.7. The predicted octanol–water partition coefficient (Wildman–Crippen LogP) is 5.54. The fourth-order valence-corrected chi connectivity index (χ4v) is 7.71. The van der Waals surface area contributed by atoms with E-state index in [-0.39, 0.29) is 42.5 Å². The molecule has 10 unspecified atom stereocenters. The highest BCUT2D eigenvalue weighted by Gasteiger charge is 2.47. The second-order valence-corrected chi connectivity index (χ2v) is 15.5. The van der Waals surface area contributed by atoms with E-state index in [1.807, 2.05) is 57.7 Å². The van der Waals surface area contributed by atoms with E-state index in [2.05, 4.69) is 4.90 Å². The van der Waals surface area contributed by atoms with Gasteiger partial charge >= 0.3 is 12.1 Å². The molecule has 1 saturated carbocycles. The fourth-order valence-electron chi connectivity index (χ4n) is 7.71. The molecule has 3 aliphatic heterocycles. The van der Waals surface area contributed by atoms with Crippen molar-refractivity contribution >= 4 is 12.1 Å². The molecule has 4 rings (SSSR count). The molecule has 4 aliphatic rings. The number of carbonyl (C=O) groups is 2. The van der Waals surface area contributed by atoms with Gasteiger partial charge in [0.15, 0.2) is 0 Å². The summed E-state index contributed by atoms with van der Waals surface area (Å²) in [7, 11) is 0. The Balaban J connectivity index is 1.39. The van der Waals surface area contributed by atoms with Gasteiger partial charge in [-0.25, -0.2) is 4.79 Å². The molecule has 3 N–H and O–H groups in total. The van der Waals surface area contributed by atoms with Gasteiger partial charge in [-0.15, -0.1) is 0 Å². The highest BCUT2D eigenvalue weighted by molar-refractivity contribution is 5.70. The van der Waals surface area contributed by atoms with Crippen LogP contribution in [-0.2, 0) is 19.0 Å². The Labute approximate surface area is 294 Å². The zero-order valence-corrected chi connectivity index (χ0v) is 30.8. The van der Waals surface area contributed by atoms with Crippen LogP contribution >= 0.6 is 0 Å². The third-order valence-electron chi connectivity index (χ3n) is 11.2. The van der Waals surface area contributed by atoms with Gasteiger partial charge in [0.05, 0.1) is 36.4 Å². The smallest absolute Gasteiger partial charge is 0.410 e. The molecular formula is C39H64N2O8. The number of cyclic esters (lactones) is 1. The number of aliphatic hydroxyl groups excluding tert-OH is 2. The molecule has 1 aliphatic carbocycles. The molecule has 0 aromatic rings. The first-order valence-electron chi connectivity index (χ1n) is 18.9. The van der Waals surface area contributed by atoms with Crippen LogP contribution in [0.5, 0.6) is 0 Å². The lowest BCUT2D eigenvalue weighted by Gasteiger charge is -2.40. The van der Waals surface area contributed by atoms with Gasteiger partial charge in [0.25, 0.3) is 0 Å². The average molecular weight is 689 g/mol. The number of hydrogen-bond acceptors (Lipinski definition) is 9. The molecule has 3 heterocycles. The zero-order chi connectivity index (χ0) is 35.7. The van der Waals surface area contributed by atoms with Crippen molar-refractivity contribution in [3.63, 3.8) is 0 Å². The van der Waals surface area contributed by atoms with Crippen LogP contribution in [0.1, 0.15) is 106 Å². The van der Waals surface area contributed by atoms with E-state index >= 15 is 0 Å². The minimum atomic E-state index is -1.12. The second-order valence-electron chi connectivity index (χ2n) is 15.5. The first-order chi connectivity index (χ1) is 23.3. The number of esters is 1. The SMILES string of the molecule is CCC(O)C(C)C1OC1CC(C)(O)C=CC=C(C)C1OC(=O)CC(O)CCC(C)C(OC(=O)N2CCN(C3CCCCC3)CC2)C=CC1C. The molecule has 10 nitrogen and oxygen atoms in total. The number of aliphatic hydroxyl groups is 3. The summed E-state index contributed by atoms with van der Waals surface area (Å²) in [4.78, 5) is 30.6. The number of nitrogens with zero attached hydrogens (tertiary/aromatic N) is 2. The summed E-state index contributed by atoms with van der Waals surface area (Å²) in [5.41, 5.74) is -0.344. The highest BCUT2D eigenvalue weighted by Crippen LogP contribution is 2.37. The summed E-state index contributed by atoms with van der Waals surface area (Å²) < 4.78 is 17.8. The number of rotatable bonds is 10. The molecule has 10 atom stereocenters. The Morgan fingerprint density at radius 2 is 1.80 bits per heavy atom. The standard InChI is InChI=1S/C39H64N2O8/c1-7-32(43)29(5)37-34(47-37)25-39(6,46)19-11-12-27(3)36-28(4)16-18-33(26(2)15-17-31(42)24-35(44)49-36)48-38(45)41-22-20-40(21-23-41)30-13-9-8-10-14-30/h11-12,16,18-19,26,28-34,36-37,42-43,46H,7-10,13-15,17,20-25H2,1-6H3. The van der Waals surface area contributed by atoms with E-state index in [1.165, 1.54) is 32.1 Å². The van der Waals surface area contributed by atoms with Crippen LogP contribution < -0.4 is 0 Å². The van der Waals surface area contributed by atoms with Crippen molar-refractivity contribution in [1.29, 1.82) is 0 Å². The molecule has 0 bridgehead atoms. The summed E-state index contributed by atoms with van der Waals surface area (Å²) in [6, 6.07) is 0.637. The predicted molar refractivity (Wildman–Crippen MR) is 190 cm³/mol. The van der Waals surface area contributed by atoms with Crippen molar-refractivity contribution < 1.29 is 39.1 Å². The number of allylic oxidation sites excluding steroid dienone is 2. The van der Waals surface area contributed by atoms with Crippen molar-refractivity contribution in [2.24, 2.45) is 17.8 Å².